The van der Waals surface area contributed by atoms with Crippen LogP contribution in [-0.2, 0) is 15.6 Å². The van der Waals surface area contributed by atoms with Gasteiger partial charge in [-0.25, -0.2) is 17.2 Å². The van der Waals surface area contributed by atoms with E-state index >= 15 is 0 Å². The first-order chi connectivity index (χ1) is 8.90. The van der Waals surface area contributed by atoms with Gasteiger partial charge in [-0.1, -0.05) is 18.2 Å². The molecule has 2 rings (SSSR count). The first-order valence-corrected chi connectivity index (χ1v) is 7.28. The van der Waals surface area contributed by atoms with Crippen molar-refractivity contribution in [3.05, 3.63) is 65.2 Å². The molecule has 0 aliphatic carbocycles. The second kappa shape index (κ2) is 5.09. The zero-order chi connectivity index (χ0) is 14.0. The Morgan fingerprint density at radius 2 is 1.74 bits per heavy atom. The highest BCUT2D eigenvalue weighted by atomic mass is 32.2. The number of halogens is 2. The van der Waals surface area contributed by atoms with Gasteiger partial charge in [-0.15, -0.1) is 0 Å². The summed E-state index contributed by atoms with van der Waals surface area (Å²) in [5.41, 5.74) is 0.990. The van der Waals surface area contributed by atoms with Crippen LogP contribution in [-0.4, -0.2) is 8.42 Å². The van der Waals surface area contributed by atoms with E-state index in [2.05, 4.69) is 0 Å². The third-order valence-electron chi connectivity index (χ3n) is 2.82. The van der Waals surface area contributed by atoms with E-state index in [1.807, 2.05) is 0 Å². The molecule has 19 heavy (non-hydrogen) atoms. The summed E-state index contributed by atoms with van der Waals surface area (Å²) in [6, 6.07) is 9.08. The van der Waals surface area contributed by atoms with Gasteiger partial charge in [-0.2, -0.15) is 0 Å². The standard InChI is InChI=1S/C14H12F2O2S/c1-10-8-12(15)7-6-11(10)9-19(17,18)14-5-3-2-4-13(14)16/h2-8H,9H2,1H3. The van der Waals surface area contributed by atoms with Crippen molar-refractivity contribution in [1.82, 2.24) is 0 Å². The second-order valence-electron chi connectivity index (χ2n) is 4.26. The number of hydrogen-bond acceptors (Lipinski definition) is 2. The molecule has 0 aliphatic rings. The van der Waals surface area contributed by atoms with Crippen molar-refractivity contribution in [3.8, 4) is 0 Å². The molecule has 0 aromatic heterocycles. The van der Waals surface area contributed by atoms with Crippen LogP contribution in [0.1, 0.15) is 11.1 Å². The SMILES string of the molecule is Cc1cc(F)ccc1CS(=O)(=O)c1ccccc1F. The maximum Gasteiger partial charge on any atom is 0.185 e. The molecule has 2 aromatic carbocycles. The lowest BCUT2D eigenvalue weighted by atomic mass is 10.1. The number of rotatable bonds is 3. The van der Waals surface area contributed by atoms with Crippen LogP contribution in [0.3, 0.4) is 0 Å². The van der Waals surface area contributed by atoms with E-state index in [1.165, 1.54) is 36.4 Å². The second-order valence-corrected chi connectivity index (χ2v) is 6.22. The summed E-state index contributed by atoms with van der Waals surface area (Å²) < 4.78 is 50.7. The smallest absolute Gasteiger partial charge is 0.185 e. The summed E-state index contributed by atoms with van der Waals surface area (Å²) in [4.78, 5) is -0.335. The molecule has 0 unspecified atom stereocenters. The van der Waals surface area contributed by atoms with Gasteiger partial charge >= 0.3 is 0 Å². The van der Waals surface area contributed by atoms with Crippen LogP contribution in [0.4, 0.5) is 8.78 Å². The fourth-order valence-electron chi connectivity index (χ4n) is 1.80. The van der Waals surface area contributed by atoms with Crippen molar-refractivity contribution in [3.63, 3.8) is 0 Å². The van der Waals surface area contributed by atoms with Crippen LogP contribution >= 0.6 is 0 Å². The number of benzene rings is 2. The van der Waals surface area contributed by atoms with Gasteiger partial charge in [0.1, 0.15) is 16.5 Å². The maximum absolute atomic E-state index is 13.5. The summed E-state index contributed by atoms with van der Waals surface area (Å²) in [5.74, 6) is -1.55. The Morgan fingerprint density at radius 1 is 1.05 bits per heavy atom. The average molecular weight is 282 g/mol. The molecule has 100 valence electrons. The largest absolute Gasteiger partial charge is 0.223 e. The van der Waals surface area contributed by atoms with Crippen LogP contribution in [0.15, 0.2) is 47.4 Å². The van der Waals surface area contributed by atoms with E-state index < -0.39 is 21.5 Å². The molecule has 0 amide bonds. The Hall–Kier alpha value is -1.75. The van der Waals surface area contributed by atoms with E-state index in [0.717, 1.165) is 6.07 Å². The zero-order valence-corrected chi connectivity index (χ0v) is 11.0. The van der Waals surface area contributed by atoms with Gasteiger partial charge < -0.3 is 0 Å². The topological polar surface area (TPSA) is 34.1 Å². The minimum atomic E-state index is -3.78. The molecular weight excluding hydrogens is 270 g/mol. The van der Waals surface area contributed by atoms with Gasteiger partial charge in [0.25, 0.3) is 0 Å². The lowest BCUT2D eigenvalue weighted by Crippen LogP contribution is -2.08. The summed E-state index contributed by atoms with van der Waals surface area (Å²) >= 11 is 0. The van der Waals surface area contributed by atoms with Gasteiger partial charge in [0.2, 0.25) is 0 Å². The fourth-order valence-corrected chi connectivity index (χ4v) is 3.34. The molecule has 0 atom stereocenters. The van der Waals surface area contributed by atoms with Crippen molar-refractivity contribution >= 4 is 9.84 Å². The Morgan fingerprint density at radius 3 is 2.37 bits per heavy atom. The first-order valence-electron chi connectivity index (χ1n) is 5.62. The fraction of sp³-hybridized carbons (Fsp3) is 0.143. The van der Waals surface area contributed by atoms with Gasteiger partial charge in [0.15, 0.2) is 9.84 Å². The Bertz CT molecular complexity index is 709. The van der Waals surface area contributed by atoms with Crippen LogP contribution in [0.25, 0.3) is 0 Å². The normalized spacial score (nSPS) is 11.5. The third kappa shape index (κ3) is 2.98. The molecule has 5 heteroatoms. The predicted octanol–water partition coefficient (Wildman–Crippen LogP) is 3.25. The highest BCUT2D eigenvalue weighted by Gasteiger charge is 2.20. The molecule has 0 radical (unpaired) electrons. The molecule has 0 N–H and O–H groups in total. The molecule has 2 aromatic rings. The van der Waals surface area contributed by atoms with Crippen molar-refractivity contribution in [2.45, 2.75) is 17.6 Å². The molecule has 0 spiro atoms. The lowest BCUT2D eigenvalue weighted by Gasteiger charge is -2.08. The van der Waals surface area contributed by atoms with Crippen LogP contribution in [0, 0.1) is 18.6 Å². The lowest BCUT2D eigenvalue weighted by molar-refractivity contribution is 0.566. The molecule has 0 heterocycles. The number of aryl methyl sites for hydroxylation is 1. The van der Waals surface area contributed by atoms with Crippen LogP contribution < -0.4 is 0 Å². The summed E-state index contributed by atoms with van der Waals surface area (Å²) in [6.07, 6.45) is 0. The molecule has 0 bridgehead atoms. The molecular formula is C14H12F2O2S. The monoisotopic (exact) mass is 282 g/mol. The predicted molar refractivity (Wildman–Crippen MR) is 68.4 cm³/mol. The van der Waals surface area contributed by atoms with Crippen molar-refractivity contribution in [1.29, 1.82) is 0 Å². The van der Waals surface area contributed by atoms with E-state index in [9.17, 15) is 17.2 Å². The first kappa shape index (κ1) is 13.7. The van der Waals surface area contributed by atoms with Crippen molar-refractivity contribution in [2.75, 3.05) is 0 Å². The average Bonchev–Trinajstić information content (AvgIpc) is 2.33. The minimum Gasteiger partial charge on any atom is -0.223 e. The minimum absolute atomic E-state index is 0.335. The Labute approximate surface area is 110 Å². The quantitative estimate of drug-likeness (QED) is 0.866. The van der Waals surface area contributed by atoms with E-state index in [4.69, 9.17) is 0 Å². The number of hydrogen-bond donors (Lipinski definition) is 0. The molecule has 0 saturated heterocycles. The van der Waals surface area contributed by atoms with Gasteiger partial charge in [-0.05, 0) is 42.3 Å². The summed E-state index contributed by atoms with van der Waals surface area (Å²) in [7, 11) is -3.78. The Balaban J connectivity index is 2.40. The van der Waals surface area contributed by atoms with Gasteiger partial charge in [0.05, 0.1) is 5.75 Å². The van der Waals surface area contributed by atoms with Gasteiger partial charge in [-0.3, -0.25) is 0 Å². The summed E-state index contributed by atoms with van der Waals surface area (Å²) in [6.45, 7) is 1.62. The van der Waals surface area contributed by atoms with E-state index in [-0.39, 0.29) is 10.6 Å². The summed E-state index contributed by atoms with van der Waals surface area (Å²) in [5, 5.41) is 0. The van der Waals surface area contributed by atoms with Crippen molar-refractivity contribution < 1.29 is 17.2 Å². The maximum atomic E-state index is 13.5. The van der Waals surface area contributed by atoms with E-state index in [0.29, 0.717) is 11.1 Å². The van der Waals surface area contributed by atoms with Crippen LogP contribution in [0.5, 0.6) is 0 Å². The molecule has 0 saturated carbocycles. The zero-order valence-electron chi connectivity index (χ0n) is 10.2. The van der Waals surface area contributed by atoms with E-state index in [1.54, 1.807) is 6.92 Å². The highest BCUT2D eigenvalue weighted by molar-refractivity contribution is 7.90. The molecule has 0 fully saturated rings. The third-order valence-corrected chi connectivity index (χ3v) is 4.51. The van der Waals surface area contributed by atoms with Crippen molar-refractivity contribution in [2.24, 2.45) is 0 Å². The molecule has 2 nitrogen and oxygen atoms in total. The van der Waals surface area contributed by atoms with Crippen LogP contribution in [0.2, 0.25) is 0 Å². The molecule has 0 aliphatic heterocycles. The van der Waals surface area contributed by atoms with Gasteiger partial charge in [0, 0.05) is 0 Å². The highest BCUT2D eigenvalue weighted by Crippen LogP contribution is 2.21. The Kier molecular flexibility index (Phi) is 3.66. The number of sulfone groups is 1.